The van der Waals surface area contributed by atoms with Crippen LogP contribution in [-0.4, -0.2) is 44.3 Å². The van der Waals surface area contributed by atoms with Crippen LogP contribution in [0.4, 0.5) is 5.69 Å². The normalized spacial score (nSPS) is 12.0. The highest BCUT2D eigenvalue weighted by Crippen LogP contribution is 2.26. The van der Waals surface area contributed by atoms with E-state index in [1.165, 1.54) is 17.0 Å². The van der Waals surface area contributed by atoms with Gasteiger partial charge in [0.05, 0.1) is 10.6 Å². The summed E-state index contributed by atoms with van der Waals surface area (Å²) in [5.74, 6) is -0.772. The molecule has 202 valence electrons. The fraction of sp³-hybridized carbons (Fsp3) is 0.310. The number of benzene rings is 3. The maximum atomic E-state index is 13.9. The monoisotopic (exact) mass is 599 g/mol. The number of hydrogen-bond donors (Lipinski definition) is 1. The Balaban J connectivity index is 2.02. The summed E-state index contributed by atoms with van der Waals surface area (Å²) in [5, 5.41) is 2.84. The van der Waals surface area contributed by atoms with E-state index >= 15 is 0 Å². The molecule has 0 saturated carbocycles. The average Bonchev–Trinajstić information content (AvgIpc) is 2.91. The summed E-state index contributed by atoms with van der Waals surface area (Å²) in [6.07, 6.45) is 0.759. The Labute approximate surface area is 234 Å². The molecule has 3 aromatic carbocycles. The van der Waals surface area contributed by atoms with E-state index in [0.29, 0.717) is 12.2 Å². The lowest BCUT2D eigenvalue weighted by atomic mass is 10.1. The molecule has 0 aliphatic carbocycles. The number of carbonyl (C=O) groups excluding carboxylic acids is 2. The topological polar surface area (TPSA) is 86.8 Å². The summed E-state index contributed by atoms with van der Waals surface area (Å²) >= 11 is 3.42. The van der Waals surface area contributed by atoms with E-state index < -0.39 is 28.5 Å². The highest BCUT2D eigenvalue weighted by atomic mass is 79.9. The number of anilines is 1. The Hall–Kier alpha value is -3.17. The number of nitrogens with zero attached hydrogens (tertiary/aromatic N) is 2. The molecule has 0 fully saturated rings. The molecule has 2 amide bonds. The molecule has 3 rings (SSSR count). The number of aryl methyl sites for hydroxylation is 2. The van der Waals surface area contributed by atoms with Crippen molar-refractivity contribution in [2.45, 2.75) is 51.6 Å². The standard InChI is InChI=1S/C29H34BrN3O4S/c1-5-17-31-29(35)23(4)32(19-24-12-14-25(30)15-13-24)28(34)20-33(26-16-11-21(2)22(3)18-26)38(36,37)27-9-7-6-8-10-27/h6-16,18,23H,5,17,19-20H2,1-4H3,(H,31,35)/t23-/m0/s1. The number of halogens is 1. The smallest absolute Gasteiger partial charge is 0.264 e. The SMILES string of the molecule is CCCNC(=O)[C@H](C)N(Cc1ccc(Br)cc1)C(=O)CN(c1ccc(C)c(C)c1)S(=O)(=O)c1ccccc1. The summed E-state index contributed by atoms with van der Waals surface area (Å²) in [6.45, 7) is 7.63. The van der Waals surface area contributed by atoms with Gasteiger partial charge in [0.1, 0.15) is 12.6 Å². The molecular weight excluding hydrogens is 566 g/mol. The second kappa shape index (κ2) is 13.1. The van der Waals surface area contributed by atoms with Gasteiger partial charge in [0.2, 0.25) is 11.8 Å². The van der Waals surface area contributed by atoms with Crippen LogP contribution in [-0.2, 0) is 26.2 Å². The van der Waals surface area contributed by atoms with Crippen molar-refractivity contribution < 1.29 is 18.0 Å². The van der Waals surface area contributed by atoms with Crippen LogP contribution < -0.4 is 9.62 Å². The lowest BCUT2D eigenvalue weighted by molar-refractivity contribution is -0.139. The summed E-state index contributed by atoms with van der Waals surface area (Å²) in [7, 11) is -4.07. The Bertz CT molecular complexity index is 1360. The fourth-order valence-electron chi connectivity index (χ4n) is 3.89. The van der Waals surface area contributed by atoms with Crippen molar-refractivity contribution in [1.29, 1.82) is 0 Å². The first-order valence-corrected chi connectivity index (χ1v) is 14.7. The van der Waals surface area contributed by atoms with E-state index in [9.17, 15) is 18.0 Å². The molecule has 0 radical (unpaired) electrons. The largest absolute Gasteiger partial charge is 0.354 e. The predicted molar refractivity (Wildman–Crippen MR) is 154 cm³/mol. The minimum Gasteiger partial charge on any atom is -0.354 e. The second-order valence-electron chi connectivity index (χ2n) is 9.21. The zero-order valence-electron chi connectivity index (χ0n) is 22.1. The van der Waals surface area contributed by atoms with Gasteiger partial charge in [-0.3, -0.25) is 13.9 Å². The van der Waals surface area contributed by atoms with Gasteiger partial charge >= 0.3 is 0 Å². The van der Waals surface area contributed by atoms with Gasteiger partial charge in [0, 0.05) is 17.6 Å². The van der Waals surface area contributed by atoms with Crippen LogP contribution >= 0.6 is 15.9 Å². The van der Waals surface area contributed by atoms with Gasteiger partial charge < -0.3 is 10.2 Å². The summed E-state index contributed by atoms with van der Waals surface area (Å²) in [5.41, 5.74) is 3.12. The van der Waals surface area contributed by atoms with Crippen molar-refractivity contribution in [3.05, 3.63) is 94.0 Å². The molecule has 1 N–H and O–H groups in total. The molecule has 38 heavy (non-hydrogen) atoms. The molecule has 0 spiro atoms. The molecule has 0 aliphatic rings. The zero-order valence-corrected chi connectivity index (χ0v) is 24.6. The Kier molecular flexibility index (Phi) is 10.1. The molecule has 1 atom stereocenters. The van der Waals surface area contributed by atoms with Crippen molar-refractivity contribution >= 4 is 43.5 Å². The molecule has 3 aromatic rings. The van der Waals surface area contributed by atoms with Crippen LogP contribution in [0.2, 0.25) is 0 Å². The lowest BCUT2D eigenvalue weighted by Gasteiger charge is -2.32. The van der Waals surface area contributed by atoms with Crippen LogP contribution in [0.25, 0.3) is 0 Å². The van der Waals surface area contributed by atoms with Gasteiger partial charge in [0.25, 0.3) is 10.0 Å². The van der Waals surface area contributed by atoms with Crippen LogP contribution in [0.5, 0.6) is 0 Å². The Morgan fingerprint density at radius 3 is 2.21 bits per heavy atom. The minimum atomic E-state index is -4.07. The van der Waals surface area contributed by atoms with Crippen LogP contribution in [0.1, 0.15) is 37.0 Å². The minimum absolute atomic E-state index is 0.0826. The molecule has 0 saturated heterocycles. The third-order valence-corrected chi connectivity index (χ3v) is 8.69. The lowest BCUT2D eigenvalue weighted by Crippen LogP contribution is -2.51. The predicted octanol–water partition coefficient (Wildman–Crippen LogP) is 5.20. The summed E-state index contributed by atoms with van der Waals surface area (Å²) in [6, 6.07) is 20.0. The molecule has 0 aliphatic heterocycles. The molecule has 0 heterocycles. The summed E-state index contributed by atoms with van der Waals surface area (Å²) < 4.78 is 29.6. The maximum Gasteiger partial charge on any atom is 0.264 e. The van der Waals surface area contributed by atoms with E-state index in [-0.39, 0.29) is 17.3 Å². The van der Waals surface area contributed by atoms with Crippen LogP contribution in [0, 0.1) is 13.8 Å². The van der Waals surface area contributed by atoms with Crippen molar-refractivity contribution in [2.75, 3.05) is 17.4 Å². The second-order valence-corrected chi connectivity index (χ2v) is 12.0. The number of hydrogen-bond acceptors (Lipinski definition) is 4. The quantitative estimate of drug-likeness (QED) is 0.328. The highest BCUT2D eigenvalue weighted by molar-refractivity contribution is 9.10. The van der Waals surface area contributed by atoms with Gasteiger partial charge in [0.15, 0.2) is 0 Å². The van der Waals surface area contributed by atoms with Crippen LogP contribution in [0.3, 0.4) is 0 Å². The Morgan fingerprint density at radius 2 is 1.61 bits per heavy atom. The van der Waals surface area contributed by atoms with E-state index in [2.05, 4.69) is 21.2 Å². The first-order chi connectivity index (χ1) is 18.0. The van der Waals surface area contributed by atoms with E-state index in [4.69, 9.17) is 0 Å². The first kappa shape index (κ1) is 29.4. The van der Waals surface area contributed by atoms with E-state index in [1.54, 1.807) is 37.3 Å². The third kappa shape index (κ3) is 7.23. The maximum absolute atomic E-state index is 13.9. The number of carbonyl (C=O) groups is 2. The molecule has 9 heteroatoms. The van der Waals surface area contributed by atoms with Gasteiger partial charge in [-0.15, -0.1) is 0 Å². The number of sulfonamides is 1. The van der Waals surface area contributed by atoms with Gasteiger partial charge in [-0.2, -0.15) is 0 Å². The first-order valence-electron chi connectivity index (χ1n) is 12.5. The Morgan fingerprint density at radius 1 is 0.947 bits per heavy atom. The molecule has 0 bridgehead atoms. The molecule has 0 unspecified atom stereocenters. The zero-order chi connectivity index (χ0) is 27.9. The van der Waals surface area contributed by atoms with E-state index in [1.807, 2.05) is 51.1 Å². The molecule has 7 nitrogen and oxygen atoms in total. The number of rotatable bonds is 11. The van der Waals surface area contributed by atoms with Crippen molar-refractivity contribution in [3.8, 4) is 0 Å². The van der Waals surface area contributed by atoms with Crippen molar-refractivity contribution in [1.82, 2.24) is 10.2 Å². The van der Waals surface area contributed by atoms with Gasteiger partial charge in [-0.25, -0.2) is 8.42 Å². The van der Waals surface area contributed by atoms with Gasteiger partial charge in [-0.1, -0.05) is 59.3 Å². The molecule has 0 aromatic heterocycles. The highest BCUT2D eigenvalue weighted by Gasteiger charge is 2.32. The van der Waals surface area contributed by atoms with E-state index in [0.717, 1.165) is 31.9 Å². The van der Waals surface area contributed by atoms with Crippen LogP contribution in [0.15, 0.2) is 82.2 Å². The fourth-order valence-corrected chi connectivity index (χ4v) is 5.59. The third-order valence-electron chi connectivity index (χ3n) is 6.37. The number of nitrogens with one attached hydrogen (secondary N) is 1. The molecular formula is C29H34BrN3O4S. The van der Waals surface area contributed by atoms with Crippen molar-refractivity contribution in [3.63, 3.8) is 0 Å². The van der Waals surface area contributed by atoms with Gasteiger partial charge in [-0.05, 0) is 80.3 Å². The van der Waals surface area contributed by atoms with Crippen molar-refractivity contribution in [2.24, 2.45) is 0 Å². The number of amides is 2. The summed E-state index contributed by atoms with van der Waals surface area (Å²) in [4.78, 5) is 28.3. The average molecular weight is 601 g/mol.